The number of anilines is 2. The third-order valence-electron chi connectivity index (χ3n) is 5.90. The van der Waals surface area contributed by atoms with Crippen LogP contribution in [0.15, 0.2) is 95.9 Å². The molecule has 0 aliphatic rings. The van der Waals surface area contributed by atoms with Crippen LogP contribution in [-0.4, -0.2) is 26.0 Å². The number of ether oxygens (including phenoxy) is 2. The van der Waals surface area contributed by atoms with Gasteiger partial charge in [-0.1, -0.05) is 41.9 Å². The summed E-state index contributed by atoms with van der Waals surface area (Å²) in [6.07, 6.45) is -4.59. The molecular weight excluding hydrogens is 577 g/mol. The van der Waals surface area contributed by atoms with E-state index in [9.17, 15) is 22.8 Å². The molecule has 0 aliphatic heterocycles. The summed E-state index contributed by atoms with van der Waals surface area (Å²) in [5.74, 6) is 0.0143. The fourth-order valence-corrected chi connectivity index (χ4v) is 5.02. The van der Waals surface area contributed by atoms with Gasteiger partial charge in [0.15, 0.2) is 11.5 Å². The summed E-state index contributed by atoms with van der Waals surface area (Å²) < 4.78 is 50.1. The quantitative estimate of drug-likeness (QED) is 0.190. The minimum atomic E-state index is -4.59. The van der Waals surface area contributed by atoms with Crippen LogP contribution in [0.5, 0.6) is 11.5 Å². The highest BCUT2D eigenvalue weighted by atomic mass is 35.5. The Labute approximate surface area is 243 Å². The summed E-state index contributed by atoms with van der Waals surface area (Å²) in [6.45, 7) is 0. The zero-order valence-corrected chi connectivity index (χ0v) is 23.4. The van der Waals surface area contributed by atoms with Crippen LogP contribution < -0.4 is 20.1 Å². The first kappa shape index (κ1) is 29.8. The van der Waals surface area contributed by atoms with Gasteiger partial charge >= 0.3 is 6.18 Å². The Morgan fingerprint density at radius 2 is 1.51 bits per heavy atom. The largest absolute Gasteiger partial charge is 0.493 e. The first-order valence-corrected chi connectivity index (χ1v) is 13.4. The Hall–Kier alpha value is -4.15. The average molecular weight is 601 g/mol. The molecule has 0 saturated heterocycles. The number of hydrogen-bond donors (Lipinski definition) is 2. The molecule has 2 amide bonds. The second-order valence-electron chi connectivity index (χ2n) is 8.64. The van der Waals surface area contributed by atoms with Crippen molar-refractivity contribution in [2.24, 2.45) is 0 Å². The number of hydrogen-bond acceptors (Lipinski definition) is 5. The minimum Gasteiger partial charge on any atom is -0.493 e. The molecule has 1 unspecified atom stereocenters. The maximum Gasteiger partial charge on any atom is 0.416 e. The molecule has 0 spiro atoms. The highest BCUT2D eigenvalue weighted by molar-refractivity contribution is 8.00. The van der Waals surface area contributed by atoms with E-state index in [-0.39, 0.29) is 16.6 Å². The molecular formula is C30H24ClF3N2O4S. The van der Waals surface area contributed by atoms with Gasteiger partial charge in [-0.05, 0) is 66.2 Å². The highest BCUT2D eigenvalue weighted by Crippen LogP contribution is 2.39. The molecule has 0 heterocycles. The molecule has 0 aromatic heterocycles. The van der Waals surface area contributed by atoms with Crippen molar-refractivity contribution in [2.75, 3.05) is 24.9 Å². The number of methoxy groups -OCH3 is 2. The molecule has 0 bridgehead atoms. The van der Waals surface area contributed by atoms with Gasteiger partial charge in [0.05, 0.1) is 30.5 Å². The van der Waals surface area contributed by atoms with Crippen molar-refractivity contribution in [2.45, 2.75) is 16.3 Å². The second kappa shape index (κ2) is 13.0. The third kappa shape index (κ3) is 7.53. The molecule has 6 nitrogen and oxygen atoms in total. The zero-order valence-electron chi connectivity index (χ0n) is 21.8. The molecule has 11 heteroatoms. The monoisotopic (exact) mass is 600 g/mol. The predicted octanol–water partition coefficient (Wildman–Crippen LogP) is 8.10. The number of benzene rings is 4. The Kier molecular flexibility index (Phi) is 9.46. The second-order valence-corrected chi connectivity index (χ2v) is 10.2. The average Bonchev–Trinajstić information content (AvgIpc) is 2.97. The van der Waals surface area contributed by atoms with Crippen molar-refractivity contribution in [3.8, 4) is 11.5 Å². The van der Waals surface area contributed by atoms with Gasteiger partial charge in [0.25, 0.3) is 5.91 Å². The Morgan fingerprint density at radius 3 is 2.15 bits per heavy atom. The summed E-state index contributed by atoms with van der Waals surface area (Å²) in [4.78, 5) is 26.8. The number of thioether (sulfide) groups is 1. The Balaban J connectivity index is 1.51. The van der Waals surface area contributed by atoms with Gasteiger partial charge in [-0.25, -0.2) is 0 Å². The highest BCUT2D eigenvalue weighted by Gasteiger charge is 2.31. The van der Waals surface area contributed by atoms with Gasteiger partial charge < -0.3 is 20.1 Å². The normalized spacial score (nSPS) is 11.9. The van der Waals surface area contributed by atoms with Crippen molar-refractivity contribution >= 4 is 46.6 Å². The van der Waals surface area contributed by atoms with Crippen LogP contribution in [0.1, 0.15) is 26.7 Å². The van der Waals surface area contributed by atoms with E-state index in [2.05, 4.69) is 10.6 Å². The number of rotatable bonds is 9. The van der Waals surface area contributed by atoms with Gasteiger partial charge in [0.2, 0.25) is 5.91 Å². The maximum absolute atomic E-state index is 13.3. The van der Waals surface area contributed by atoms with Crippen LogP contribution in [-0.2, 0) is 11.0 Å². The lowest BCUT2D eigenvalue weighted by atomic mass is 10.1. The van der Waals surface area contributed by atoms with Gasteiger partial charge in [0.1, 0.15) is 5.25 Å². The molecule has 41 heavy (non-hydrogen) atoms. The van der Waals surface area contributed by atoms with Crippen molar-refractivity contribution in [1.82, 2.24) is 0 Å². The molecule has 0 radical (unpaired) electrons. The number of amides is 2. The summed E-state index contributed by atoms with van der Waals surface area (Å²) in [5.41, 5.74) is 0.470. The minimum absolute atomic E-state index is 0.0160. The molecule has 2 N–H and O–H groups in total. The van der Waals surface area contributed by atoms with E-state index in [1.807, 2.05) is 0 Å². The van der Waals surface area contributed by atoms with E-state index in [1.54, 1.807) is 72.8 Å². The molecule has 4 aromatic carbocycles. The van der Waals surface area contributed by atoms with E-state index in [1.165, 1.54) is 26.0 Å². The SMILES string of the molecule is COc1ccc(C(=O)Nc2ccc(SC(C(=O)Nc3cc(C(F)(F)F)ccc3Cl)c3ccccc3)cc2)cc1OC. The fraction of sp³-hybridized carbons (Fsp3) is 0.133. The Morgan fingerprint density at radius 1 is 0.829 bits per heavy atom. The van der Waals surface area contributed by atoms with E-state index >= 15 is 0 Å². The zero-order chi connectivity index (χ0) is 29.6. The van der Waals surface area contributed by atoms with Crippen LogP contribution in [0.4, 0.5) is 24.5 Å². The standard InChI is InChI=1S/C30H24ClF3N2O4S/c1-39-25-15-8-19(16-26(25)40-2)28(37)35-21-10-12-22(13-11-21)41-27(18-6-4-3-5-7-18)29(38)36-24-17-20(30(32,33)34)9-14-23(24)31/h3-17,27H,1-2H3,(H,35,37)(H,36,38). The number of halogens is 4. The fourth-order valence-electron chi connectivity index (χ4n) is 3.83. The lowest BCUT2D eigenvalue weighted by molar-refractivity contribution is -0.137. The van der Waals surface area contributed by atoms with Gasteiger partial charge in [-0.3, -0.25) is 9.59 Å². The van der Waals surface area contributed by atoms with Crippen molar-refractivity contribution in [3.63, 3.8) is 0 Å². The maximum atomic E-state index is 13.3. The lowest BCUT2D eigenvalue weighted by Gasteiger charge is -2.18. The van der Waals surface area contributed by atoms with E-state index in [0.717, 1.165) is 18.2 Å². The van der Waals surface area contributed by atoms with Crippen molar-refractivity contribution in [1.29, 1.82) is 0 Å². The van der Waals surface area contributed by atoms with Gasteiger partial charge in [-0.15, -0.1) is 11.8 Å². The number of carbonyl (C=O) groups excluding carboxylic acids is 2. The summed E-state index contributed by atoms with van der Waals surface area (Å²) in [7, 11) is 2.98. The van der Waals surface area contributed by atoms with Crippen molar-refractivity contribution in [3.05, 3.63) is 113 Å². The summed E-state index contributed by atoms with van der Waals surface area (Å²) in [6, 6.07) is 23.2. The van der Waals surface area contributed by atoms with E-state index in [0.29, 0.717) is 33.2 Å². The van der Waals surface area contributed by atoms with E-state index in [4.69, 9.17) is 21.1 Å². The topological polar surface area (TPSA) is 76.7 Å². The first-order valence-electron chi connectivity index (χ1n) is 12.1. The molecule has 0 aliphatic carbocycles. The number of carbonyl (C=O) groups is 2. The smallest absolute Gasteiger partial charge is 0.416 e. The van der Waals surface area contributed by atoms with Crippen LogP contribution in [0.25, 0.3) is 0 Å². The van der Waals surface area contributed by atoms with Crippen LogP contribution >= 0.6 is 23.4 Å². The molecule has 4 aromatic rings. The van der Waals surface area contributed by atoms with Crippen LogP contribution in [0.2, 0.25) is 5.02 Å². The summed E-state index contributed by atoms with van der Waals surface area (Å²) in [5, 5.41) is 4.53. The van der Waals surface area contributed by atoms with Crippen LogP contribution in [0.3, 0.4) is 0 Å². The lowest BCUT2D eigenvalue weighted by Crippen LogP contribution is -2.19. The predicted molar refractivity (Wildman–Crippen MR) is 154 cm³/mol. The molecule has 212 valence electrons. The molecule has 1 atom stereocenters. The number of alkyl halides is 3. The summed E-state index contributed by atoms with van der Waals surface area (Å²) >= 11 is 7.30. The first-order chi connectivity index (χ1) is 19.6. The number of nitrogens with one attached hydrogen (secondary N) is 2. The third-order valence-corrected chi connectivity index (χ3v) is 7.50. The van der Waals surface area contributed by atoms with E-state index < -0.39 is 22.9 Å². The van der Waals surface area contributed by atoms with Gasteiger partial charge in [0, 0.05) is 16.1 Å². The van der Waals surface area contributed by atoms with Gasteiger partial charge in [-0.2, -0.15) is 13.2 Å². The van der Waals surface area contributed by atoms with Crippen LogP contribution in [0, 0.1) is 0 Å². The molecule has 4 rings (SSSR count). The van der Waals surface area contributed by atoms with Crippen molar-refractivity contribution < 1.29 is 32.2 Å². The Bertz CT molecular complexity index is 1530. The molecule has 0 fully saturated rings. The molecule has 0 saturated carbocycles.